The summed E-state index contributed by atoms with van der Waals surface area (Å²) in [6.45, 7) is 2.06. The third kappa shape index (κ3) is 12.5. The van der Waals surface area contributed by atoms with Crippen molar-refractivity contribution < 1.29 is 34.9 Å². The number of hydrogen-bond donors (Lipinski definition) is 3. The van der Waals surface area contributed by atoms with Gasteiger partial charge < -0.3 is 15.3 Å². The fourth-order valence-electron chi connectivity index (χ4n) is 3.72. The van der Waals surface area contributed by atoms with Crippen LogP contribution in [0.1, 0.15) is 84.0 Å². The van der Waals surface area contributed by atoms with Gasteiger partial charge in [-0.25, -0.2) is 0 Å². The monoisotopic (exact) mass is 478 g/mol. The van der Waals surface area contributed by atoms with Crippen LogP contribution in [0.3, 0.4) is 0 Å². The Morgan fingerprint density at radius 3 is 1.61 bits per heavy atom. The van der Waals surface area contributed by atoms with Crippen molar-refractivity contribution in [2.75, 3.05) is 0 Å². The van der Waals surface area contributed by atoms with Crippen LogP contribution in [0.25, 0.3) is 0 Å². The molecule has 0 bridgehead atoms. The molecule has 6 atom stereocenters. The number of unbranched alkanes of at least 4 members (excludes halogenated alkanes) is 6. The zero-order valence-electron chi connectivity index (χ0n) is 19.0. The zero-order valence-corrected chi connectivity index (χ0v) is 19.0. The molecular weight excluding hydrogens is 442 g/mol. The number of rotatable bonds is 21. The van der Waals surface area contributed by atoms with Crippen LogP contribution in [0, 0.1) is 30.3 Å². The van der Waals surface area contributed by atoms with Gasteiger partial charge in [0, 0.05) is 27.6 Å². The molecule has 0 spiro atoms. The van der Waals surface area contributed by atoms with Crippen molar-refractivity contribution in [2.24, 2.45) is 0 Å². The summed E-state index contributed by atoms with van der Waals surface area (Å²) in [6, 6.07) is -5.08. The Morgan fingerprint density at radius 2 is 1.12 bits per heavy atom. The van der Waals surface area contributed by atoms with Gasteiger partial charge in [-0.2, -0.15) is 0 Å². The lowest BCUT2D eigenvalue weighted by molar-refractivity contribution is -0.562. The van der Waals surface area contributed by atoms with Crippen LogP contribution >= 0.6 is 0 Å². The second kappa shape index (κ2) is 17.3. The first-order chi connectivity index (χ1) is 15.6. The summed E-state index contributed by atoms with van der Waals surface area (Å²) in [5.74, 6) is 0. The van der Waals surface area contributed by atoms with Gasteiger partial charge in [0.2, 0.25) is 18.1 Å². The number of aliphatic hydroxyl groups excluding tert-OH is 3. The van der Waals surface area contributed by atoms with Gasteiger partial charge in [0.15, 0.2) is 6.29 Å². The van der Waals surface area contributed by atoms with Crippen molar-refractivity contribution in [2.45, 2.75) is 120 Å². The number of nitrogens with zero attached hydrogens (tertiary/aromatic N) is 3. The topological polar surface area (TPSA) is 207 Å². The van der Waals surface area contributed by atoms with E-state index in [2.05, 4.69) is 6.92 Å². The predicted octanol–water partition coefficient (Wildman–Crippen LogP) is 1.82. The van der Waals surface area contributed by atoms with Crippen molar-refractivity contribution in [1.82, 2.24) is 0 Å². The summed E-state index contributed by atoms with van der Waals surface area (Å²) in [5.41, 5.74) is 0. The van der Waals surface area contributed by atoms with Crippen molar-refractivity contribution >= 4 is 6.29 Å². The van der Waals surface area contributed by atoms with Gasteiger partial charge in [-0.05, 0) is 19.3 Å². The third-order valence-corrected chi connectivity index (χ3v) is 5.74. The maximum absolute atomic E-state index is 11.5. The third-order valence-electron chi connectivity index (χ3n) is 5.74. The Kier molecular flexibility index (Phi) is 16.1. The Balaban J connectivity index is 5.06. The molecule has 13 heteroatoms. The molecule has 0 aliphatic carbocycles. The van der Waals surface area contributed by atoms with Crippen LogP contribution in [0.4, 0.5) is 0 Å². The summed E-state index contributed by atoms with van der Waals surface area (Å²) in [4.78, 5) is 41.8. The van der Waals surface area contributed by atoms with E-state index in [1.807, 2.05) is 0 Å². The average Bonchev–Trinajstić information content (AvgIpc) is 2.74. The van der Waals surface area contributed by atoms with Gasteiger partial charge in [0.05, 0.1) is 12.8 Å². The fraction of sp³-hybridized carbons (Fsp3) is 0.950. The maximum atomic E-state index is 11.5. The van der Waals surface area contributed by atoms with Gasteiger partial charge >= 0.3 is 0 Å². The first kappa shape index (κ1) is 30.8. The van der Waals surface area contributed by atoms with E-state index in [1.165, 1.54) is 0 Å². The summed E-state index contributed by atoms with van der Waals surface area (Å²) in [7, 11) is 0. The highest BCUT2D eigenvalue weighted by Crippen LogP contribution is 2.21. The Hall–Kier alpha value is -2.25. The Bertz CT molecular complexity index is 607. The minimum absolute atomic E-state index is 0.0187. The van der Waals surface area contributed by atoms with Crippen LogP contribution in [0.5, 0.6) is 0 Å². The van der Waals surface area contributed by atoms with Crippen LogP contribution < -0.4 is 0 Å². The molecule has 0 aliphatic heterocycles. The quantitative estimate of drug-likeness (QED) is 0.124. The number of hydrogen-bond acceptors (Lipinski definition) is 10. The van der Waals surface area contributed by atoms with Crippen molar-refractivity contribution in [3.8, 4) is 0 Å². The normalized spacial score (nSPS) is 16.8. The van der Waals surface area contributed by atoms with E-state index in [4.69, 9.17) is 0 Å². The maximum Gasteiger partial charge on any atom is 0.241 e. The molecule has 0 saturated carbocycles. The van der Waals surface area contributed by atoms with E-state index in [1.54, 1.807) is 6.29 Å². The smallest absolute Gasteiger partial charge is 0.241 e. The van der Waals surface area contributed by atoms with Gasteiger partial charge in [-0.3, -0.25) is 35.1 Å². The second-order valence-corrected chi connectivity index (χ2v) is 8.32. The molecule has 1 radical (unpaired) electrons. The van der Waals surface area contributed by atoms with E-state index in [0.717, 1.165) is 32.1 Å². The van der Waals surface area contributed by atoms with E-state index in [-0.39, 0.29) is 25.7 Å². The van der Waals surface area contributed by atoms with Gasteiger partial charge in [-0.15, -0.1) is 0 Å². The molecule has 0 fully saturated rings. The van der Waals surface area contributed by atoms with Crippen LogP contribution in [-0.4, -0.2) is 72.8 Å². The van der Waals surface area contributed by atoms with Gasteiger partial charge in [0.1, 0.15) is 18.3 Å². The molecule has 13 nitrogen and oxygen atoms in total. The van der Waals surface area contributed by atoms with Crippen LogP contribution in [0.15, 0.2) is 0 Å². The van der Waals surface area contributed by atoms with Crippen LogP contribution in [-0.2, 0) is 4.79 Å². The van der Waals surface area contributed by atoms with Crippen molar-refractivity contribution in [1.29, 1.82) is 0 Å². The molecule has 0 aromatic carbocycles. The predicted molar refractivity (Wildman–Crippen MR) is 117 cm³/mol. The SMILES string of the molecule is CCCCCCCCC(C(O)CC(C(O)CC(C(O)CCC[C]=O)[N+](=O)[O-])[N+](=O)[O-])[N+](=O)[O-]. The summed E-state index contributed by atoms with van der Waals surface area (Å²) in [5, 5.41) is 64.7. The molecule has 0 aromatic heterocycles. The molecule has 3 N–H and O–H groups in total. The first-order valence-electron chi connectivity index (χ1n) is 11.4. The molecule has 0 aromatic rings. The lowest BCUT2D eigenvalue weighted by Gasteiger charge is -2.23. The van der Waals surface area contributed by atoms with E-state index < -0.39 is 64.0 Å². The standard InChI is InChI=1S/C20H36N3O10/c1-2-3-4-5-6-7-10-15(21(28)29)19(26)14-17(23(32)33)20(27)13-16(22(30)31)18(25)11-8-9-12-24/h15-20,25-27H,2-11,13-14H2,1H3. The highest BCUT2D eigenvalue weighted by molar-refractivity contribution is 5.50. The molecule has 0 aliphatic rings. The molecule has 0 amide bonds. The fourth-order valence-corrected chi connectivity index (χ4v) is 3.72. The largest absolute Gasteiger partial charge is 0.386 e. The van der Waals surface area contributed by atoms with Crippen molar-refractivity contribution in [3.05, 3.63) is 30.3 Å². The Labute approximate surface area is 192 Å². The number of nitro groups is 3. The van der Waals surface area contributed by atoms with E-state index in [0.29, 0.717) is 6.42 Å². The van der Waals surface area contributed by atoms with Gasteiger partial charge in [-0.1, -0.05) is 39.0 Å². The minimum atomic E-state index is -1.92. The number of carbonyl (C=O) groups excluding carboxylic acids is 1. The first-order valence-corrected chi connectivity index (χ1v) is 11.4. The summed E-state index contributed by atoms with van der Waals surface area (Å²) in [6.07, 6.45) is -0.0203. The van der Waals surface area contributed by atoms with E-state index in [9.17, 15) is 50.5 Å². The highest BCUT2D eigenvalue weighted by Gasteiger charge is 2.42. The summed E-state index contributed by atoms with van der Waals surface area (Å²) >= 11 is 0. The highest BCUT2D eigenvalue weighted by atomic mass is 16.6. The summed E-state index contributed by atoms with van der Waals surface area (Å²) < 4.78 is 0. The number of aliphatic hydroxyl groups is 3. The molecule has 0 saturated heterocycles. The zero-order chi connectivity index (χ0) is 25.4. The van der Waals surface area contributed by atoms with E-state index >= 15 is 0 Å². The lowest BCUT2D eigenvalue weighted by atomic mass is 9.91. The average molecular weight is 479 g/mol. The molecule has 0 rings (SSSR count). The molecule has 0 heterocycles. The second-order valence-electron chi connectivity index (χ2n) is 8.32. The lowest BCUT2D eigenvalue weighted by Crippen LogP contribution is -2.46. The van der Waals surface area contributed by atoms with Crippen molar-refractivity contribution in [3.63, 3.8) is 0 Å². The molecule has 33 heavy (non-hydrogen) atoms. The van der Waals surface area contributed by atoms with Gasteiger partial charge in [0.25, 0.3) is 0 Å². The Morgan fingerprint density at radius 1 is 0.667 bits per heavy atom. The minimum Gasteiger partial charge on any atom is -0.386 e. The molecule has 191 valence electrons. The van der Waals surface area contributed by atoms with Crippen LogP contribution in [0.2, 0.25) is 0 Å². The molecule has 6 unspecified atom stereocenters. The molecular formula is C20H36N3O10.